The van der Waals surface area contributed by atoms with E-state index >= 15 is 0 Å². The number of quaternary nitrogens is 1. The molecular formula is C12H25ClN2O. The highest BCUT2D eigenvalue weighted by Crippen LogP contribution is 2.08. The summed E-state index contributed by atoms with van der Waals surface area (Å²) in [5.74, 6) is -0.308. The van der Waals surface area contributed by atoms with Gasteiger partial charge in [0, 0.05) is 12.0 Å². The first kappa shape index (κ1) is 17.8. The Balaban J connectivity index is 0. The molecule has 0 radical (unpaired) electrons. The highest BCUT2D eigenvalue weighted by Gasteiger charge is 2.19. The number of hydrogen-bond acceptors (Lipinski definition) is 1. The fraction of sp³-hybridized carbons (Fsp3) is 0.750. The van der Waals surface area contributed by atoms with Gasteiger partial charge in [-0.25, -0.2) is 0 Å². The summed E-state index contributed by atoms with van der Waals surface area (Å²) in [4.78, 5) is 10.8. The largest absolute Gasteiger partial charge is 1.00 e. The standard InChI is InChI=1S/C12H24N2O.ClH/c1-5-14(6-2,7-3)10-8-9-11(4)12(13)15;/h9H,5-8,10H2,1-4H3,(H-,13,15);1H. The Morgan fingerprint density at radius 2 is 1.62 bits per heavy atom. The van der Waals surface area contributed by atoms with Gasteiger partial charge in [0.1, 0.15) is 0 Å². The Bertz CT molecular complexity index is 227. The summed E-state index contributed by atoms with van der Waals surface area (Å²) in [6.07, 6.45) is 2.89. The van der Waals surface area contributed by atoms with Crippen LogP contribution in [0.4, 0.5) is 0 Å². The minimum Gasteiger partial charge on any atom is -1.00 e. The molecule has 0 aromatic carbocycles. The summed E-state index contributed by atoms with van der Waals surface area (Å²) in [7, 11) is 0. The summed E-state index contributed by atoms with van der Waals surface area (Å²) >= 11 is 0. The van der Waals surface area contributed by atoms with E-state index in [-0.39, 0.29) is 18.3 Å². The number of amides is 1. The fourth-order valence-corrected chi connectivity index (χ4v) is 1.80. The molecule has 0 aliphatic rings. The number of rotatable bonds is 7. The maximum Gasteiger partial charge on any atom is 0.244 e. The van der Waals surface area contributed by atoms with Crippen LogP contribution < -0.4 is 18.1 Å². The SMILES string of the molecule is CC[N+](CC)(CC)CCC=C(C)C(N)=O.[Cl-]. The molecule has 0 fully saturated rings. The van der Waals surface area contributed by atoms with Gasteiger partial charge in [0.05, 0.1) is 26.2 Å². The van der Waals surface area contributed by atoms with Crippen LogP contribution in [0.5, 0.6) is 0 Å². The van der Waals surface area contributed by atoms with Gasteiger partial charge < -0.3 is 22.6 Å². The van der Waals surface area contributed by atoms with E-state index in [4.69, 9.17) is 5.73 Å². The molecule has 0 saturated heterocycles. The second kappa shape index (κ2) is 8.59. The number of carbonyl (C=O) groups is 1. The molecule has 16 heavy (non-hydrogen) atoms. The van der Waals surface area contributed by atoms with Gasteiger partial charge in [-0.2, -0.15) is 0 Å². The summed E-state index contributed by atoms with van der Waals surface area (Å²) in [5.41, 5.74) is 5.85. The lowest BCUT2D eigenvalue weighted by molar-refractivity contribution is -0.922. The van der Waals surface area contributed by atoms with Crippen molar-refractivity contribution in [3.63, 3.8) is 0 Å². The van der Waals surface area contributed by atoms with E-state index in [2.05, 4.69) is 20.8 Å². The zero-order chi connectivity index (χ0) is 11.9. The topological polar surface area (TPSA) is 43.1 Å². The highest BCUT2D eigenvalue weighted by atomic mass is 35.5. The first-order valence-electron chi connectivity index (χ1n) is 5.83. The number of halogens is 1. The van der Waals surface area contributed by atoms with Crippen LogP contribution in [-0.4, -0.2) is 36.6 Å². The van der Waals surface area contributed by atoms with Crippen molar-refractivity contribution in [1.82, 2.24) is 0 Å². The minimum absolute atomic E-state index is 0. The lowest BCUT2D eigenvalue weighted by Crippen LogP contribution is -3.00. The minimum atomic E-state index is -0.308. The normalized spacial score (nSPS) is 12.1. The number of primary amides is 1. The molecule has 0 atom stereocenters. The van der Waals surface area contributed by atoms with Crippen molar-refractivity contribution in [1.29, 1.82) is 0 Å². The summed E-state index contributed by atoms with van der Waals surface area (Å²) in [6.45, 7) is 13.0. The van der Waals surface area contributed by atoms with E-state index in [1.165, 1.54) is 0 Å². The molecule has 0 spiro atoms. The van der Waals surface area contributed by atoms with Gasteiger partial charge in [-0.15, -0.1) is 0 Å². The molecule has 3 nitrogen and oxygen atoms in total. The fourth-order valence-electron chi connectivity index (χ4n) is 1.80. The maximum atomic E-state index is 10.8. The molecule has 0 unspecified atom stereocenters. The average molecular weight is 249 g/mol. The van der Waals surface area contributed by atoms with Crippen LogP contribution in [-0.2, 0) is 4.79 Å². The van der Waals surface area contributed by atoms with Crippen molar-refractivity contribution in [2.75, 3.05) is 26.2 Å². The third kappa shape index (κ3) is 5.52. The summed E-state index contributed by atoms with van der Waals surface area (Å²) in [6, 6.07) is 0. The van der Waals surface area contributed by atoms with Gasteiger partial charge in [0.2, 0.25) is 5.91 Å². The van der Waals surface area contributed by atoms with Crippen LogP contribution >= 0.6 is 0 Å². The van der Waals surface area contributed by atoms with E-state index in [1.54, 1.807) is 6.92 Å². The van der Waals surface area contributed by atoms with Crippen molar-refractivity contribution in [2.24, 2.45) is 5.73 Å². The second-order valence-corrected chi connectivity index (χ2v) is 4.05. The lowest BCUT2D eigenvalue weighted by Gasteiger charge is -2.35. The maximum absolute atomic E-state index is 10.8. The number of nitrogens with two attached hydrogens (primary N) is 1. The van der Waals surface area contributed by atoms with Crippen LogP contribution in [0, 0.1) is 0 Å². The zero-order valence-electron chi connectivity index (χ0n) is 10.9. The van der Waals surface area contributed by atoms with E-state index in [1.807, 2.05) is 6.08 Å². The molecule has 0 aliphatic heterocycles. The van der Waals surface area contributed by atoms with Crippen LogP contribution in [0.3, 0.4) is 0 Å². The highest BCUT2D eigenvalue weighted by molar-refractivity contribution is 5.91. The van der Waals surface area contributed by atoms with Gasteiger partial charge in [-0.1, -0.05) is 6.08 Å². The summed E-state index contributed by atoms with van der Waals surface area (Å²) < 4.78 is 1.11. The molecule has 0 saturated carbocycles. The molecule has 0 rings (SSSR count). The Morgan fingerprint density at radius 3 is 1.94 bits per heavy atom. The molecule has 0 aromatic rings. The van der Waals surface area contributed by atoms with Crippen molar-refractivity contribution in [2.45, 2.75) is 34.1 Å². The van der Waals surface area contributed by atoms with Crippen molar-refractivity contribution >= 4 is 5.91 Å². The molecule has 0 heterocycles. The Kier molecular flexibility index (Phi) is 9.58. The predicted molar refractivity (Wildman–Crippen MR) is 64.3 cm³/mol. The van der Waals surface area contributed by atoms with Gasteiger partial charge in [0.15, 0.2) is 0 Å². The lowest BCUT2D eigenvalue weighted by atomic mass is 10.2. The first-order valence-corrected chi connectivity index (χ1v) is 5.83. The average Bonchev–Trinajstić information content (AvgIpc) is 2.24. The molecular weight excluding hydrogens is 224 g/mol. The number of hydrogen-bond donors (Lipinski definition) is 1. The van der Waals surface area contributed by atoms with Gasteiger partial charge in [-0.3, -0.25) is 4.79 Å². The van der Waals surface area contributed by atoms with Crippen LogP contribution in [0.1, 0.15) is 34.1 Å². The Morgan fingerprint density at radius 1 is 1.19 bits per heavy atom. The Hall–Kier alpha value is -0.540. The van der Waals surface area contributed by atoms with Gasteiger partial charge in [-0.05, 0) is 27.7 Å². The van der Waals surface area contributed by atoms with Gasteiger partial charge >= 0.3 is 0 Å². The van der Waals surface area contributed by atoms with E-state index < -0.39 is 0 Å². The predicted octanol–water partition coefficient (Wildman–Crippen LogP) is -1.31. The third-order valence-corrected chi connectivity index (χ3v) is 3.46. The van der Waals surface area contributed by atoms with E-state index in [0.717, 1.165) is 37.1 Å². The monoisotopic (exact) mass is 248 g/mol. The molecule has 0 aliphatic carbocycles. The molecule has 96 valence electrons. The Labute approximate surface area is 106 Å². The second-order valence-electron chi connectivity index (χ2n) is 4.05. The van der Waals surface area contributed by atoms with Crippen LogP contribution in [0.15, 0.2) is 11.6 Å². The number of carbonyl (C=O) groups excluding carboxylic acids is 1. The molecule has 4 heteroatoms. The van der Waals surface area contributed by atoms with Crippen LogP contribution in [0.25, 0.3) is 0 Å². The first-order chi connectivity index (χ1) is 7.01. The number of nitrogens with zero attached hydrogens (tertiary/aromatic N) is 1. The molecule has 2 N–H and O–H groups in total. The van der Waals surface area contributed by atoms with E-state index in [0.29, 0.717) is 5.57 Å². The summed E-state index contributed by atoms with van der Waals surface area (Å²) in [5, 5.41) is 0. The molecule has 0 aromatic heterocycles. The van der Waals surface area contributed by atoms with Crippen molar-refractivity contribution < 1.29 is 21.7 Å². The van der Waals surface area contributed by atoms with Gasteiger partial charge in [0.25, 0.3) is 0 Å². The quantitative estimate of drug-likeness (QED) is 0.441. The molecule has 0 bridgehead atoms. The third-order valence-electron chi connectivity index (χ3n) is 3.46. The van der Waals surface area contributed by atoms with Crippen LogP contribution in [0.2, 0.25) is 0 Å². The smallest absolute Gasteiger partial charge is 0.244 e. The van der Waals surface area contributed by atoms with E-state index in [9.17, 15) is 4.79 Å². The van der Waals surface area contributed by atoms with Crippen molar-refractivity contribution in [3.8, 4) is 0 Å². The zero-order valence-corrected chi connectivity index (χ0v) is 11.7. The van der Waals surface area contributed by atoms with Crippen molar-refractivity contribution in [3.05, 3.63) is 11.6 Å². The molecule has 1 amide bonds.